The van der Waals surface area contributed by atoms with Gasteiger partial charge in [-0.05, 0) is 78.4 Å². The summed E-state index contributed by atoms with van der Waals surface area (Å²) in [6.45, 7) is 4.78. The van der Waals surface area contributed by atoms with Gasteiger partial charge < -0.3 is 22.1 Å². The number of carbonyl (C=O) groups excluding carboxylic acids is 3. The highest BCUT2D eigenvalue weighted by atomic mass is 16.2. The van der Waals surface area contributed by atoms with E-state index in [1.165, 1.54) is 6.92 Å². The molecule has 1 amide bonds. The van der Waals surface area contributed by atoms with Crippen molar-refractivity contribution < 1.29 is 14.4 Å². The highest BCUT2D eigenvalue weighted by Crippen LogP contribution is 2.14. The maximum absolute atomic E-state index is 13.3. The fourth-order valence-corrected chi connectivity index (χ4v) is 3.77. The van der Waals surface area contributed by atoms with Crippen LogP contribution in [0.2, 0.25) is 0 Å². The van der Waals surface area contributed by atoms with Crippen LogP contribution < -0.4 is 22.6 Å². The summed E-state index contributed by atoms with van der Waals surface area (Å²) in [5.74, 6) is -0.150. The van der Waals surface area contributed by atoms with Crippen molar-refractivity contribution in [3.05, 3.63) is 0 Å². The van der Waals surface area contributed by atoms with Crippen LogP contribution in [0.1, 0.15) is 71.6 Å². The van der Waals surface area contributed by atoms with Gasteiger partial charge in [0, 0.05) is 14.1 Å². The largest absolute Gasteiger partial charge is 0.334 e. The summed E-state index contributed by atoms with van der Waals surface area (Å²) in [4.78, 5) is 39.3. The number of nitrogens with two attached hydrogens (primary N) is 3. The number of carbonyl (C=O) groups is 3. The van der Waals surface area contributed by atoms with Crippen LogP contribution in [0, 0.1) is 0 Å². The minimum absolute atomic E-state index is 0.0367. The van der Waals surface area contributed by atoms with E-state index in [0.29, 0.717) is 38.9 Å². The van der Waals surface area contributed by atoms with Crippen LogP contribution >= 0.6 is 0 Å². The van der Waals surface area contributed by atoms with Crippen LogP contribution in [0.5, 0.6) is 0 Å². The number of amides is 1. The van der Waals surface area contributed by atoms with Gasteiger partial charge in [0.1, 0.15) is 11.8 Å². The third-order valence-corrected chi connectivity index (χ3v) is 5.69. The zero-order chi connectivity index (χ0) is 23.8. The standard InChI is InChI=1S/C22H46N6O3/c1-17(29)20(12-6-9-15-24)27(3)22(31)19(11-5-8-14-23)26-28(4)21(18(2)30)13-7-10-16-25/h19-21,26H,5-16,23-25H2,1-4H3/t19-,20-,21-/m0/s1. The van der Waals surface area contributed by atoms with Gasteiger partial charge in [0.05, 0.1) is 12.1 Å². The van der Waals surface area contributed by atoms with Crippen LogP contribution in [-0.2, 0) is 14.4 Å². The molecule has 0 aliphatic carbocycles. The average Bonchev–Trinajstić information content (AvgIpc) is 2.72. The summed E-state index contributed by atoms with van der Waals surface area (Å²) in [5, 5.41) is 1.74. The first-order valence-corrected chi connectivity index (χ1v) is 11.6. The molecule has 0 radical (unpaired) electrons. The molecular weight excluding hydrogens is 396 g/mol. The van der Waals surface area contributed by atoms with Gasteiger partial charge in [-0.2, -0.15) is 0 Å². The normalized spacial score (nSPS) is 14.3. The molecule has 0 aliphatic heterocycles. The molecule has 0 saturated carbocycles. The van der Waals surface area contributed by atoms with Gasteiger partial charge in [0.2, 0.25) is 5.91 Å². The van der Waals surface area contributed by atoms with Gasteiger partial charge in [-0.3, -0.25) is 14.4 Å². The number of hydrogen-bond acceptors (Lipinski definition) is 8. The van der Waals surface area contributed by atoms with Crippen molar-refractivity contribution in [3.8, 4) is 0 Å². The van der Waals surface area contributed by atoms with Gasteiger partial charge in [-0.15, -0.1) is 0 Å². The lowest BCUT2D eigenvalue weighted by atomic mass is 10.0. The van der Waals surface area contributed by atoms with Gasteiger partial charge in [-0.1, -0.05) is 12.8 Å². The van der Waals surface area contributed by atoms with E-state index >= 15 is 0 Å². The maximum atomic E-state index is 13.3. The van der Waals surface area contributed by atoms with E-state index in [0.717, 1.165) is 38.5 Å². The topological polar surface area (TPSA) is 148 Å². The maximum Gasteiger partial charge on any atom is 0.241 e. The molecule has 0 rings (SSSR count). The lowest BCUT2D eigenvalue weighted by Crippen LogP contribution is -2.57. The summed E-state index contributed by atoms with van der Waals surface area (Å²) in [6, 6.07) is -1.35. The Hall–Kier alpha value is -1.39. The van der Waals surface area contributed by atoms with Crippen LogP contribution in [-0.4, -0.2) is 79.2 Å². The van der Waals surface area contributed by atoms with E-state index in [1.807, 2.05) is 0 Å². The van der Waals surface area contributed by atoms with Crippen molar-refractivity contribution in [2.24, 2.45) is 17.2 Å². The van der Waals surface area contributed by atoms with Gasteiger partial charge >= 0.3 is 0 Å². The molecule has 9 heteroatoms. The third-order valence-electron chi connectivity index (χ3n) is 5.69. The van der Waals surface area contributed by atoms with Gasteiger partial charge in [-0.25, -0.2) is 10.4 Å². The fourth-order valence-electron chi connectivity index (χ4n) is 3.77. The predicted molar refractivity (Wildman–Crippen MR) is 125 cm³/mol. The Morgan fingerprint density at radius 3 is 1.55 bits per heavy atom. The Bertz CT molecular complexity index is 531. The van der Waals surface area contributed by atoms with Crippen LogP contribution in [0.15, 0.2) is 0 Å². The molecule has 0 bridgehead atoms. The van der Waals surface area contributed by atoms with E-state index in [-0.39, 0.29) is 23.5 Å². The summed E-state index contributed by atoms with van der Waals surface area (Å²) in [7, 11) is 3.47. The molecule has 182 valence electrons. The first-order valence-electron chi connectivity index (χ1n) is 11.6. The smallest absolute Gasteiger partial charge is 0.241 e. The van der Waals surface area contributed by atoms with Gasteiger partial charge in [0.15, 0.2) is 5.78 Å². The first-order chi connectivity index (χ1) is 14.7. The molecule has 7 N–H and O–H groups in total. The van der Waals surface area contributed by atoms with E-state index < -0.39 is 12.1 Å². The van der Waals surface area contributed by atoms with Crippen molar-refractivity contribution in [1.82, 2.24) is 15.3 Å². The molecule has 0 heterocycles. The van der Waals surface area contributed by atoms with Crippen molar-refractivity contribution in [1.29, 1.82) is 0 Å². The number of unbranched alkanes of at least 4 members (excludes halogenated alkanes) is 3. The lowest BCUT2D eigenvalue weighted by Gasteiger charge is -2.34. The number of nitrogens with zero attached hydrogens (tertiary/aromatic N) is 2. The summed E-state index contributed by atoms with van der Waals surface area (Å²) in [5.41, 5.74) is 20.0. The number of rotatable bonds is 19. The lowest BCUT2D eigenvalue weighted by molar-refractivity contribution is -0.141. The quantitative estimate of drug-likeness (QED) is 0.167. The number of hydrazine groups is 1. The Balaban J connectivity index is 5.36. The van der Waals surface area contributed by atoms with E-state index in [1.54, 1.807) is 30.9 Å². The molecule has 0 aromatic heterocycles. The molecule has 0 aromatic carbocycles. The third kappa shape index (κ3) is 11.7. The molecule has 9 nitrogen and oxygen atoms in total. The second-order valence-corrected chi connectivity index (χ2v) is 8.35. The summed E-state index contributed by atoms with van der Waals surface area (Å²) in [6.07, 6.45) is 6.71. The first kappa shape index (κ1) is 29.6. The molecule has 0 aromatic rings. The average molecular weight is 443 g/mol. The van der Waals surface area contributed by atoms with Crippen molar-refractivity contribution in [3.63, 3.8) is 0 Å². The number of Topliss-reactive ketones (excluding diaryl/α,β-unsaturated/α-hetero) is 2. The van der Waals surface area contributed by atoms with Crippen LogP contribution in [0.25, 0.3) is 0 Å². The van der Waals surface area contributed by atoms with Crippen molar-refractivity contribution in [2.75, 3.05) is 33.7 Å². The Morgan fingerprint density at radius 2 is 1.13 bits per heavy atom. The van der Waals surface area contributed by atoms with E-state index in [4.69, 9.17) is 17.2 Å². The van der Waals surface area contributed by atoms with E-state index in [9.17, 15) is 14.4 Å². The summed E-state index contributed by atoms with van der Waals surface area (Å²) < 4.78 is 0. The molecule has 0 spiro atoms. The van der Waals surface area contributed by atoms with Crippen LogP contribution in [0.4, 0.5) is 0 Å². The molecule has 0 unspecified atom stereocenters. The minimum atomic E-state index is -0.533. The highest BCUT2D eigenvalue weighted by molar-refractivity contribution is 5.89. The number of nitrogens with one attached hydrogen (secondary N) is 1. The monoisotopic (exact) mass is 442 g/mol. The number of hydrogen-bond donors (Lipinski definition) is 4. The molecule has 0 saturated heterocycles. The second kappa shape index (κ2) is 17.2. The highest BCUT2D eigenvalue weighted by Gasteiger charge is 2.31. The predicted octanol–water partition coefficient (Wildman–Crippen LogP) is 0.552. The Kier molecular flexibility index (Phi) is 16.4. The molecule has 0 aliphatic rings. The second-order valence-electron chi connectivity index (χ2n) is 8.35. The summed E-state index contributed by atoms with van der Waals surface area (Å²) >= 11 is 0. The SMILES string of the molecule is CC(=O)[C@H](CCCCN)N(C)N[C@@H](CCCCN)C(=O)N(C)[C@@H](CCCCN)C(C)=O. The molecule has 0 fully saturated rings. The Labute approximate surface area is 188 Å². The molecular formula is C22H46N6O3. The fraction of sp³-hybridized carbons (Fsp3) is 0.864. The zero-order valence-electron chi connectivity index (χ0n) is 20.1. The van der Waals surface area contributed by atoms with Crippen LogP contribution in [0.3, 0.4) is 0 Å². The van der Waals surface area contributed by atoms with Crippen molar-refractivity contribution >= 4 is 17.5 Å². The van der Waals surface area contributed by atoms with E-state index in [2.05, 4.69) is 5.43 Å². The van der Waals surface area contributed by atoms with Gasteiger partial charge in [0.25, 0.3) is 0 Å². The zero-order valence-corrected chi connectivity index (χ0v) is 20.1. The minimum Gasteiger partial charge on any atom is -0.334 e. The van der Waals surface area contributed by atoms with Crippen molar-refractivity contribution in [2.45, 2.75) is 89.8 Å². The number of ketones is 2. The molecule has 3 atom stereocenters. The Morgan fingerprint density at radius 1 is 0.710 bits per heavy atom. The molecule has 31 heavy (non-hydrogen) atoms. The number of likely N-dealkylation sites (N-methyl/N-ethyl adjacent to an activating group) is 2.